The van der Waals surface area contributed by atoms with Crippen molar-refractivity contribution >= 4 is 40.5 Å². The largest absolute Gasteiger partial charge is 0.340 e. The van der Waals surface area contributed by atoms with Crippen molar-refractivity contribution < 1.29 is 9.59 Å². The summed E-state index contributed by atoms with van der Waals surface area (Å²) in [6, 6.07) is 22.5. The minimum atomic E-state index is -0.757. The van der Waals surface area contributed by atoms with Gasteiger partial charge >= 0.3 is 0 Å². The van der Waals surface area contributed by atoms with Crippen molar-refractivity contribution in [1.29, 1.82) is 0 Å². The summed E-state index contributed by atoms with van der Waals surface area (Å²) >= 11 is 6.00. The van der Waals surface area contributed by atoms with Crippen LogP contribution in [0.4, 0.5) is 0 Å². The number of rotatable bonds is 8. The summed E-state index contributed by atoms with van der Waals surface area (Å²) in [7, 11) is 0. The molecule has 7 heteroatoms. The molecule has 0 radical (unpaired) electrons. The topological polar surface area (TPSA) is 75.5 Å². The van der Waals surface area contributed by atoms with Gasteiger partial charge in [0.25, 0.3) is 11.8 Å². The van der Waals surface area contributed by atoms with Gasteiger partial charge in [-0.15, -0.1) is 0 Å². The van der Waals surface area contributed by atoms with Gasteiger partial charge in [-0.25, -0.2) is 5.43 Å². The van der Waals surface area contributed by atoms with Gasteiger partial charge in [0.1, 0.15) is 6.04 Å². The van der Waals surface area contributed by atoms with Crippen molar-refractivity contribution in [3.63, 3.8) is 0 Å². The van der Waals surface area contributed by atoms with Crippen LogP contribution in [0.5, 0.6) is 0 Å². The maximum Gasteiger partial charge on any atom is 0.262 e. The van der Waals surface area contributed by atoms with E-state index in [-0.39, 0.29) is 17.7 Å². The Kier molecular flexibility index (Phi) is 8.09. The summed E-state index contributed by atoms with van der Waals surface area (Å²) in [4.78, 5) is 25.6. The van der Waals surface area contributed by atoms with E-state index in [0.717, 1.165) is 28.7 Å². The molecule has 190 valence electrons. The fourth-order valence-corrected chi connectivity index (χ4v) is 4.51. The van der Waals surface area contributed by atoms with E-state index < -0.39 is 6.04 Å². The van der Waals surface area contributed by atoms with Crippen molar-refractivity contribution in [1.82, 2.24) is 15.3 Å². The first-order chi connectivity index (χ1) is 17.7. The van der Waals surface area contributed by atoms with Crippen LogP contribution in [0.3, 0.4) is 0 Å². The van der Waals surface area contributed by atoms with Gasteiger partial charge in [0, 0.05) is 39.3 Å². The van der Waals surface area contributed by atoms with Crippen molar-refractivity contribution in [2.75, 3.05) is 0 Å². The number of aryl methyl sites for hydroxylation is 1. The molecule has 0 fully saturated rings. The average molecular weight is 515 g/mol. The van der Waals surface area contributed by atoms with Gasteiger partial charge in [0.15, 0.2) is 0 Å². The number of carbonyl (C=O) groups excluding carboxylic acids is 2. The van der Waals surface area contributed by atoms with E-state index in [4.69, 9.17) is 11.6 Å². The molecule has 1 aromatic heterocycles. The second kappa shape index (κ2) is 11.4. The Balaban J connectivity index is 1.52. The number of hydrogen-bond donors (Lipinski definition) is 2. The molecule has 1 heterocycles. The fraction of sp³-hybridized carbons (Fsp3) is 0.233. The number of hydrazone groups is 1. The standard InChI is InChI=1S/C30H31ClN4O2/c1-19(2)28(33-29(36)23-8-7-9-24(31)16-23)30(37)34-32-17-26-21(4)35(27-11-6-5-10-25(26)27)18-22-14-12-20(3)13-15-22/h5-17,19,28H,18H2,1-4H3,(H,33,36)(H,34,37)/b32-17-. The molecular formula is C30H31ClN4O2. The molecule has 0 aliphatic heterocycles. The Labute approximate surface area is 222 Å². The van der Waals surface area contributed by atoms with Crippen LogP contribution in [0.2, 0.25) is 5.02 Å². The van der Waals surface area contributed by atoms with Crippen LogP contribution in [0, 0.1) is 19.8 Å². The third-order valence-corrected chi connectivity index (χ3v) is 6.67. The molecule has 0 spiro atoms. The summed E-state index contributed by atoms with van der Waals surface area (Å²) in [6.45, 7) is 8.61. The normalized spacial score (nSPS) is 12.3. The molecule has 0 saturated carbocycles. The lowest BCUT2D eigenvalue weighted by molar-refractivity contribution is -0.123. The zero-order chi connectivity index (χ0) is 26.5. The molecule has 0 bridgehead atoms. The summed E-state index contributed by atoms with van der Waals surface area (Å²) < 4.78 is 2.26. The Bertz CT molecular complexity index is 1450. The maximum absolute atomic E-state index is 13.0. The van der Waals surface area contributed by atoms with E-state index in [2.05, 4.69) is 70.7 Å². The molecule has 4 rings (SSSR count). The molecule has 37 heavy (non-hydrogen) atoms. The summed E-state index contributed by atoms with van der Waals surface area (Å²) in [5.74, 6) is -0.894. The quantitative estimate of drug-likeness (QED) is 0.228. The summed E-state index contributed by atoms with van der Waals surface area (Å²) in [6.07, 6.45) is 1.68. The molecule has 2 amide bonds. The lowest BCUT2D eigenvalue weighted by Gasteiger charge is -2.20. The smallest absolute Gasteiger partial charge is 0.262 e. The molecule has 1 unspecified atom stereocenters. The van der Waals surface area contributed by atoms with Gasteiger partial charge in [-0.3, -0.25) is 9.59 Å². The Morgan fingerprint density at radius 2 is 1.73 bits per heavy atom. The summed E-state index contributed by atoms with van der Waals surface area (Å²) in [5, 5.41) is 8.58. The molecule has 4 aromatic rings. The predicted molar refractivity (Wildman–Crippen MR) is 150 cm³/mol. The van der Waals surface area contributed by atoms with E-state index in [1.807, 2.05) is 26.0 Å². The maximum atomic E-state index is 13.0. The number of para-hydroxylation sites is 1. The Morgan fingerprint density at radius 1 is 1.00 bits per heavy atom. The van der Waals surface area contributed by atoms with Crippen molar-refractivity contribution in [3.05, 3.63) is 106 Å². The van der Waals surface area contributed by atoms with Crippen molar-refractivity contribution in [3.8, 4) is 0 Å². The number of carbonyl (C=O) groups is 2. The molecule has 2 N–H and O–H groups in total. The Morgan fingerprint density at radius 3 is 2.43 bits per heavy atom. The van der Waals surface area contributed by atoms with Gasteiger partial charge < -0.3 is 9.88 Å². The molecule has 6 nitrogen and oxygen atoms in total. The van der Waals surface area contributed by atoms with Crippen molar-refractivity contribution in [2.24, 2.45) is 11.0 Å². The third kappa shape index (κ3) is 6.09. The first-order valence-corrected chi connectivity index (χ1v) is 12.6. The molecule has 1 atom stereocenters. The van der Waals surface area contributed by atoms with Crippen LogP contribution in [-0.2, 0) is 11.3 Å². The van der Waals surface area contributed by atoms with Crippen LogP contribution in [-0.4, -0.2) is 28.6 Å². The lowest BCUT2D eigenvalue weighted by Crippen LogP contribution is -2.48. The van der Waals surface area contributed by atoms with Crippen LogP contribution in [0.25, 0.3) is 10.9 Å². The zero-order valence-corrected chi connectivity index (χ0v) is 22.2. The minimum Gasteiger partial charge on any atom is -0.340 e. The number of amides is 2. The van der Waals surface area contributed by atoms with Gasteiger partial charge in [-0.05, 0) is 49.6 Å². The number of halogens is 1. The highest BCUT2D eigenvalue weighted by atomic mass is 35.5. The number of hydrogen-bond acceptors (Lipinski definition) is 3. The number of aromatic nitrogens is 1. The lowest BCUT2D eigenvalue weighted by atomic mass is 10.0. The minimum absolute atomic E-state index is 0.142. The monoisotopic (exact) mass is 514 g/mol. The second-order valence-electron chi connectivity index (χ2n) is 9.53. The van der Waals surface area contributed by atoms with E-state index in [9.17, 15) is 9.59 Å². The van der Waals surface area contributed by atoms with Gasteiger partial charge in [-0.1, -0.05) is 79.5 Å². The SMILES string of the molecule is Cc1ccc(Cn2c(C)c(/C=N\NC(=O)C(NC(=O)c3cccc(Cl)c3)C(C)C)c3ccccc32)cc1. The second-order valence-corrected chi connectivity index (χ2v) is 9.96. The first kappa shape index (κ1) is 26.2. The van der Waals surface area contributed by atoms with E-state index >= 15 is 0 Å². The molecular weight excluding hydrogens is 484 g/mol. The van der Waals surface area contributed by atoms with Gasteiger partial charge in [0.2, 0.25) is 0 Å². The number of benzene rings is 3. The van der Waals surface area contributed by atoms with Crippen LogP contribution < -0.4 is 10.7 Å². The van der Waals surface area contributed by atoms with Gasteiger partial charge in [0.05, 0.1) is 6.21 Å². The van der Waals surface area contributed by atoms with Crippen LogP contribution in [0.1, 0.15) is 46.6 Å². The van der Waals surface area contributed by atoms with Crippen molar-refractivity contribution in [2.45, 2.75) is 40.3 Å². The van der Waals surface area contributed by atoms with Gasteiger partial charge in [-0.2, -0.15) is 5.10 Å². The Hall–Kier alpha value is -3.90. The highest BCUT2D eigenvalue weighted by molar-refractivity contribution is 6.31. The average Bonchev–Trinajstić information content (AvgIpc) is 3.14. The van der Waals surface area contributed by atoms with E-state index in [1.165, 1.54) is 11.1 Å². The van der Waals surface area contributed by atoms with Crippen LogP contribution in [0.15, 0.2) is 77.9 Å². The third-order valence-electron chi connectivity index (χ3n) is 6.43. The van der Waals surface area contributed by atoms with E-state index in [0.29, 0.717) is 10.6 Å². The zero-order valence-electron chi connectivity index (χ0n) is 21.5. The fourth-order valence-electron chi connectivity index (χ4n) is 4.32. The molecule has 0 aliphatic rings. The highest BCUT2D eigenvalue weighted by Crippen LogP contribution is 2.25. The molecule has 0 aliphatic carbocycles. The number of nitrogens with zero attached hydrogens (tertiary/aromatic N) is 2. The summed E-state index contributed by atoms with van der Waals surface area (Å²) in [5.41, 5.74) is 8.54. The number of fused-ring (bicyclic) bond motifs is 1. The van der Waals surface area contributed by atoms with E-state index in [1.54, 1.807) is 30.5 Å². The predicted octanol–water partition coefficient (Wildman–Crippen LogP) is 5.86. The van der Waals surface area contributed by atoms with Crippen LogP contribution >= 0.6 is 11.6 Å². The first-order valence-electron chi connectivity index (χ1n) is 12.3. The highest BCUT2D eigenvalue weighted by Gasteiger charge is 2.24. The molecule has 0 saturated heterocycles. The number of nitrogens with one attached hydrogen (secondary N) is 2. The molecule has 3 aromatic carbocycles.